The van der Waals surface area contributed by atoms with Crippen LogP contribution in [-0.4, -0.2) is 22.4 Å². The summed E-state index contributed by atoms with van der Waals surface area (Å²) in [6.07, 6.45) is 0. The molecule has 20 heavy (non-hydrogen) atoms. The van der Waals surface area contributed by atoms with E-state index in [1.54, 1.807) is 31.4 Å². The molecule has 0 aliphatic heterocycles. The first kappa shape index (κ1) is 12.2. The first-order valence-electron chi connectivity index (χ1n) is 6.05. The number of para-hydroxylation sites is 2. The fraction of sp³-hybridized carbons (Fsp3) is 0.0667. The van der Waals surface area contributed by atoms with Gasteiger partial charge in [0.1, 0.15) is 11.5 Å². The lowest BCUT2D eigenvalue weighted by molar-refractivity contribution is 0.414. The predicted molar refractivity (Wildman–Crippen MR) is 73.4 cm³/mol. The minimum atomic E-state index is 0.0997. The number of benzene rings is 2. The number of phenolic OH excluding ortho intramolecular Hbond substituents is 1. The smallest absolute Gasteiger partial charge is 0.251 e. The Hall–Kier alpha value is -2.82. The molecule has 3 aromatic rings. The number of rotatable bonds is 3. The van der Waals surface area contributed by atoms with E-state index in [-0.39, 0.29) is 11.6 Å². The highest BCUT2D eigenvalue weighted by Crippen LogP contribution is 2.33. The molecule has 5 nitrogen and oxygen atoms in total. The van der Waals surface area contributed by atoms with E-state index >= 15 is 0 Å². The van der Waals surface area contributed by atoms with Crippen LogP contribution in [0.25, 0.3) is 22.9 Å². The number of hydrogen-bond acceptors (Lipinski definition) is 5. The summed E-state index contributed by atoms with van der Waals surface area (Å²) in [5.41, 5.74) is 1.21. The summed E-state index contributed by atoms with van der Waals surface area (Å²) in [6, 6.07) is 14.2. The van der Waals surface area contributed by atoms with E-state index in [0.717, 1.165) is 0 Å². The normalized spacial score (nSPS) is 10.4. The Morgan fingerprint density at radius 3 is 2.20 bits per heavy atom. The molecule has 0 unspecified atom stereocenters. The van der Waals surface area contributed by atoms with Crippen molar-refractivity contribution in [3.05, 3.63) is 48.5 Å². The van der Waals surface area contributed by atoms with Gasteiger partial charge in [0.15, 0.2) is 0 Å². The molecule has 0 bridgehead atoms. The van der Waals surface area contributed by atoms with Gasteiger partial charge in [-0.25, -0.2) is 0 Å². The number of phenols is 1. The third-order valence-electron chi connectivity index (χ3n) is 2.90. The van der Waals surface area contributed by atoms with E-state index in [1.807, 2.05) is 24.3 Å². The maximum Gasteiger partial charge on any atom is 0.251 e. The maximum atomic E-state index is 9.79. The summed E-state index contributed by atoms with van der Waals surface area (Å²) in [5, 5.41) is 17.8. The Bertz CT molecular complexity index is 737. The number of nitrogens with zero attached hydrogens (tertiary/aromatic N) is 2. The Morgan fingerprint density at radius 2 is 1.50 bits per heavy atom. The lowest BCUT2D eigenvalue weighted by atomic mass is 10.2. The van der Waals surface area contributed by atoms with Crippen molar-refractivity contribution in [2.75, 3.05) is 7.11 Å². The largest absolute Gasteiger partial charge is 0.507 e. The highest BCUT2D eigenvalue weighted by molar-refractivity contribution is 5.66. The Kier molecular flexibility index (Phi) is 3.09. The molecular formula is C15H12N2O3. The summed E-state index contributed by atoms with van der Waals surface area (Å²) in [4.78, 5) is 0. The van der Waals surface area contributed by atoms with Crippen LogP contribution in [0.5, 0.6) is 11.5 Å². The van der Waals surface area contributed by atoms with Crippen LogP contribution in [0.4, 0.5) is 0 Å². The number of ether oxygens (including phenoxy) is 1. The molecule has 0 aliphatic carbocycles. The molecular weight excluding hydrogens is 256 g/mol. The summed E-state index contributed by atoms with van der Waals surface area (Å²) < 4.78 is 10.9. The van der Waals surface area contributed by atoms with Gasteiger partial charge in [0.2, 0.25) is 0 Å². The van der Waals surface area contributed by atoms with Gasteiger partial charge in [0.05, 0.1) is 18.2 Å². The fourth-order valence-corrected chi connectivity index (χ4v) is 1.92. The average Bonchev–Trinajstić information content (AvgIpc) is 2.97. The van der Waals surface area contributed by atoms with E-state index < -0.39 is 0 Å². The molecule has 1 aromatic heterocycles. The fourth-order valence-electron chi connectivity index (χ4n) is 1.92. The quantitative estimate of drug-likeness (QED) is 0.790. The lowest BCUT2D eigenvalue weighted by Crippen LogP contribution is -1.87. The van der Waals surface area contributed by atoms with Crippen LogP contribution in [-0.2, 0) is 0 Å². The summed E-state index contributed by atoms with van der Waals surface area (Å²) in [6.45, 7) is 0. The van der Waals surface area contributed by atoms with E-state index in [4.69, 9.17) is 9.15 Å². The molecule has 0 amide bonds. The third-order valence-corrected chi connectivity index (χ3v) is 2.90. The number of methoxy groups -OCH3 is 1. The van der Waals surface area contributed by atoms with Crippen LogP contribution < -0.4 is 4.74 Å². The van der Waals surface area contributed by atoms with E-state index in [0.29, 0.717) is 22.8 Å². The molecule has 0 atom stereocenters. The predicted octanol–water partition coefficient (Wildman–Crippen LogP) is 3.12. The minimum Gasteiger partial charge on any atom is -0.507 e. The molecule has 5 heteroatoms. The van der Waals surface area contributed by atoms with Crippen LogP contribution in [0, 0.1) is 0 Å². The van der Waals surface area contributed by atoms with E-state index in [1.165, 1.54) is 0 Å². The average molecular weight is 268 g/mol. The summed E-state index contributed by atoms with van der Waals surface area (Å²) in [5.74, 6) is 1.37. The van der Waals surface area contributed by atoms with Gasteiger partial charge in [0, 0.05) is 0 Å². The molecule has 1 N–H and O–H groups in total. The van der Waals surface area contributed by atoms with Crippen molar-refractivity contribution in [3.63, 3.8) is 0 Å². The van der Waals surface area contributed by atoms with Crippen LogP contribution >= 0.6 is 0 Å². The second kappa shape index (κ2) is 5.05. The molecule has 0 aliphatic rings. The molecule has 100 valence electrons. The molecule has 0 fully saturated rings. The standard InChI is InChI=1S/C15H12N2O3/c1-19-13-9-5-3-7-11(13)15-17-16-14(20-15)10-6-2-4-8-12(10)18/h2-9,18H,1H3. The van der Waals surface area contributed by atoms with Crippen molar-refractivity contribution in [2.45, 2.75) is 0 Å². The van der Waals surface area contributed by atoms with Gasteiger partial charge in [0.25, 0.3) is 11.8 Å². The molecule has 0 saturated heterocycles. The monoisotopic (exact) mass is 268 g/mol. The molecule has 2 aromatic carbocycles. The number of aromatic hydroxyl groups is 1. The van der Waals surface area contributed by atoms with Crippen molar-refractivity contribution in [1.82, 2.24) is 10.2 Å². The zero-order valence-corrected chi connectivity index (χ0v) is 10.8. The summed E-state index contributed by atoms with van der Waals surface area (Å²) in [7, 11) is 1.58. The SMILES string of the molecule is COc1ccccc1-c1nnc(-c2ccccc2O)o1. The zero-order chi connectivity index (χ0) is 13.9. The Balaban J connectivity index is 2.05. The lowest BCUT2D eigenvalue weighted by Gasteiger charge is -2.03. The van der Waals surface area contributed by atoms with Gasteiger partial charge < -0.3 is 14.3 Å². The second-order valence-electron chi connectivity index (χ2n) is 4.13. The van der Waals surface area contributed by atoms with Gasteiger partial charge in [-0.1, -0.05) is 24.3 Å². The van der Waals surface area contributed by atoms with Crippen molar-refractivity contribution in [2.24, 2.45) is 0 Å². The number of hydrogen-bond donors (Lipinski definition) is 1. The van der Waals surface area contributed by atoms with Gasteiger partial charge in [-0.15, -0.1) is 10.2 Å². The van der Waals surface area contributed by atoms with Crippen LogP contribution in [0.1, 0.15) is 0 Å². The van der Waals surface area contributed by atoms with Gasteiger partial charge in [-0.05, 0) is 24.3 Å². The van der Waals surface area contributed by atoms with Crippen molar-refractivity contribution in [3.8, 4) is 34.4 Å². The van der Waals surface area contributed by atoms with Gasteiger partial charge in [-0.2, -0.15) is 0 Å². The van der Waals surface area contributed by atoms with Crippen LogP contribution in [0.3, 0.4) is 0 Å². The molecule has 0 saturated carbocycles. The Morgan fingerprint density at radius 1 is 0.900 bits per heavy atom. The van der Waals surface area contributed by atoms with E-state index in [2.05, 4.69) is 10.2 Å². The third kappa shape index (κ3) is 2.09. The first-order valence-corrected chi connectivity index (χ1v) is 6.05. The number of aromatic nitrogens is 2. The van der Waals surface area contributed by atoms with Crippen LogP contribution in [0.2, 0.25) is 0 Å². The van der Waals surface area contributed by atoms with Gasteiger partial charge >= 0.3 is 0 Å². The molecule has 0 spiro atoms. The summed E-state index contributed by atoms with van der Waals surface area (Å²) >= 11 is 0. The topological polar surface area (TPSA) is 68.4 Å². The highest BCUT2D eigenvalue weighted by atomic mass is 16.5. The van der Waals surface area contributed by atoms with Crippen LogP contribution in [0.15, 0.2) is 52.9 Å². The van der Waals surface area contributed by atoms with E-state index in [9.17, 15) is 5.11 Å². The maximum absolute atomic E-state index is 9.79. The van der Waals surface area contributed by atoms with Crippen molar-refractivity contribution >= 4 is 0 Å². The first-order chi connectivity index (χ1) is 9.79. The molecule has 3 rings (SSSR count). The zero-order valence-electron chi connectivity index (χ0n) is 10.8. The molecule has 1 heterocycles. The van der Waals surface area contributed by atoms with Gasteiger partial charge in [-0.3, -0.25) is 0 Å². The minimum absolute atomic E-state index is 0.0997. The Labute approximate surface area is 115 Å². The second-order valence-corrected chi connectivity index (χ2v) is 4.13. The highest BCUT2D eigenvalue weighted by Gasteiger charge is 2.15. The van der Waals surface area contributed by atoms with Crippen molar-refractivity contribution in [1.29, 1.82) is 0 Å². The molecule has 0 radical (unpaired) electrons. The van der Waals surface area contributed by atoms with Crippen molar-refractivity contribution < 1.29 is 14.3 Å².